The van der Waals surface area contributed by atoms with Gasteiger partial charge in [-0.2, -0.15) is 13.2 Å². The maximum Gasteiger partial charge on any atom is 0.417 e. The van der Waals surface area contributed by atoms with Crippen LogP contribution in [0, 0.1) is 0 Å². The lowest BCUT2D eigenvalue weighted by Crippen LogP contribution is -2.22. The highest BCUT2D eigenvalue weighted by molar-refractivity contribution is 5.96. The van der Waals surface area contributed by atoms with Gasteiger partial charge >= 0.3 is 6.18 Å². The van der Waals surface area contributed by atoms with Crippen molar-refractivity contribution in [3.8, 4) is 22.6 Å². The average molecular weight is 481 g/mol. The zero-order valence-electron chi connectivity index (χ0n) is 18.9. The summed E-state index contributed by atoms with van der Waals surface area (Å²) >= 11 is 0. The Morgan fingerprint density at radius 1 is 0.971 bits per heavy atom. The molecule has 1 saturated carbocycles. The van der Waals surface area contributed by atoms with E-state index < -0.39 is 17.2 Å². The zero-order chi connectivity index (χ0) is 24.8. The van der Waals surface area contributed by atoms with E-state index in [0.29, 0.717) is 29.9 Å². The number of Topliss-reactive ketones (excluding diaryl/α,β-unsaturated/α-hetero) is 1. The molecule has 35 heavy (non-hydrogen) atoms. The van der Waals surface area contributed by atoms with E-state index in [1.165, 1.54) is 31.3 Å². The Balaban J connectivity index is 1.45. The fraction of sp³-hybridized carbons (Fsp3) is 0.259. The molecule has 1 amide bonds. The Morgan fingerprint density at radius 3 is 2.46 bits per heavy atom. The Hall–Kier alpha value is -3.81. The van der Waals surface area contributed by atoms with Crippen LogP contribution in [0.4, 0.5) is 13.2 Å². The first-order valence-corrected chi connectivity index (χ1v) is 11.2. The lowest BCUT2D eigenvalue weighted by atomic mass is 9.86. The quantitative estimate of drug-likeness (QED) is 0.519. The fourth-order valence-electron chi connectivity index (χ4n) is 4.56. The predicted octanol–water partition coefficient (Wildman–Crippen LogP) is 5.30. The average Bonchev–Trinajstić information content (AvgIpc) is 3.54. The van der Waals surface area contributed by atoms with Crippen LogP contribution in [0.1, 0.15) is 39.9 Å². The van der Waals surface area contributed by atoms with Crippen molar-refractivity contribution in [1.82, 2.24) is 5.32 Å². The van der Waals surface area contributed by atoms with Gasteiger partial charge < -0.3 is 14.8 Å². The molecule has 1 aliphatic heterocycles. The van der Waals surface area contributed by atoms with Crippen molar-refractivity contribution in [3.05, 3.63) is 82.9 Å². The minimum absolute atomic E-state index is 0.0450. The number of ether oxygens (including phenoxy) is 2. The summed E-state index contributed by atoms with van der Waals surface area (Å²) in [4.78, 5) is 25.2. The van der Waals surface area contributed by atoms with Crippen molar-refractivity contribution in [2.75, 3.05) is 13.8 Å². The van der Waals surface area contributed by atoms with Crippen LogP contribution in [-0.2, 0) is 22.8 Å². The van der Waals surface area contributed by atoms with Crippen molar-refractivity contribution < 1.29 is 32.2 Å². The third kappa shape index (κ3) is 4.24. The van der Waals surface area contributed by atoms with E-state index in [1.54, 1.807) is 24.3 Å². The van der Waals surface area contributed by atoms with E-state index in [4.69, 9.17) is 9.47 Å². The van der Waals surface area contributed by atoms with Crippen molar-refractivity contribution in [3.63, 3.8) is 0 Å². The standard InChI is InChI=1S/C27H22F3NO4/c1-31-25(33)18-4-2-3-17(13-18)20-7-5-16(11-21(20)27(28,29)30)12-24(32)26(9-10-26)19-6-8-22-23(14-19)35-15-34-22/h2-8,11,13-14H,9-10,12,15H2,1H3,(H,31,33). The van der Waals surface area contributed by atoms with Gasteiger partial charge in [0.25, 0.3) is 5.91 Å². The summed E-state index contributed by atoms with van der Waals surface area (Å²) in [6.07, 6.45) is -3.47. The van der Waals surface area contributed by atoms with E-state index in [0.717, 1.165) is 11.6 Å². The third-order valence-corrected chi connectivity index (χ3v) is 6.63. The Kier molecular flexibility index (Phi) is 5.54. The second-order valence-corrected chi connectivity index (χ2v) is 8.79. The van der Waals surface area contributed by atoms with Gasteiger partial charge in [0.15, 0.2) is 11.5 Å². The summed E-state index contributed by atoms with van der Waals surface area (Å²) in [5.74, 6) is 0.673. The summed E-state index contributed by atoms with van der Waals surface area (Å²) in [6, 6.07) is 15.4. The van der Waals surface area contributed by atoms with Crippen molar-refractivity contribution >= 4 is 11.7 Å². The van der Waals surface area contributed by atoms with Gasteiger partial charge in [0.1, 0.15) is 5.78 Å². The molecule has 5 rings (SSSR count). The maximum atomic E-state index is 14.0. The van der Waals surface area contributed by atoms with Crippen LogP contribution in [0.5, 0.6) is 11.5 Å². The monoisotopic (exact) mass is 481 g/mol. The maximum absolute atomic E-state index is 14.0. The molecule has 0 bridgehead atoms. The summed E-state index contributed by atoms with van der Waals surface area (Å²) in [5, 5.41) is 2.47. The Morgan fingerprint density at radius 2 is 1.74 bits per heavy atom. The van der Waals surface area contributed by atoms with E-state index in [-0.39, 0.29) is 41.6 Å². The lowest BCUT2D eigenvalue weighted by Gasteiger charge is -2.18. The largest absolute Gasteiger partial charge is 0.454 e. The predicted molar refractivity (Wildman–Crippen MR) is 122 cm³/mol. The van der Waals surface area contributed by atoms with Gasteiger partial charge in [-0.1, -0.05) is 30.3 Å². The number of rotatable bonds is 6. The molecule has 0 unspecified atom stereocenters. The van der Waals surface area contributed by atoms with Crippen molar-refractivity contribution in [2.45, 2.75) is 30.9 Å². The molecular weight excluding hydrogens is 459 g/mol. The molecule has 5 nitrogen and oxygen atoms in total. The number of carbonyl (C=O) groups is 2. The molecule has 0 radical (unpaired) electrons. The van der Waals surface area contributed by atoms with Crippen LogP contribution >= 0.6 is 0 Å². The molecule has 3 aromatic rings. The molecule has 1 fully saturated rings. The van der Waals surface area contributed by atoms with Gasteiger partial charge in [-0.15, -0.1) is 0 Å². The number of benzene rings is 3. The number of alkyl halides is 3. The van der Waals surface area contributed by atoms with Crippen LogP contribution in [-0.4, -0.2) is 25.5 Å². The number of hydrogen-bond donors (Lipinski definition) is 1. The smallest absolute Gasteiger partial charge is 0.417 e. The number of amides is 1. The summed E-state index contributed by atoms with van der Waals surface area (Å²) in [6.45, 7) is 0.123. The van der Waals surface area contributed by atoms with Crippen molar-refractivity contribution in [2.24, 2.45) is 0 Å². The number of ketones is 1. The number of fused-ring (bicyclic) bond motifs is 1. The highest BCUT2D eigenvalue weighted by atomic mass is 19.4. The minimum atomic E-state index is -4.63. The van der Waals surface area contributed by atoms with Gasteiger partial charge in [0.2, 0.25) is 6.79 Å². The van der Waals surface area contributed by atoms with E-state index in [2.05, 4.69) is 5.32 Å². The Labute approximate surface area is 199 Å². The second kappa shape index (κ2) is 8.45. The highest BCUT2D eigenvalue weighted by Gasteiger charge is 2.51. The summed E-state index contributed by atoms with van der Waals surface area (Å²) < 4.78 is 52.8. The van der Waals surface area contributed by atoms with Crippen LogP contribution < -0.4 is 14.8 Å². The Bertz CT molecular complexity index is 1330. The number of carbonyl (C=O) groups excluding carboxylic acids is 2. The van der Waals surface area contributed by atoms with E-state index in [9.17, 15) is 22.8 Å². The van der Waals surface area contributed by atoms with Gasteiger partial charge in [-0.05, 0) is 65.4 Å². The topological polar surface area (TPSA) is 64.6 Å². The molecule has 1 heterocycles. The first-order valence-electron chi connectivity index (χ1n) is 11.2. The second-order valence-electron chi connectivity index (χ2n) is 8.79. The zero-order valence-corrected chi connectivity index (χ0v) is 18.9. The number of nitrogens with one attached hydrogen (secondary N) is 1. The molecule has 3 aromatic carbocycles. The molecule has 0 atom stereocenters. The summed E-state index contributed by atoms with van der Waals surface area (Å²) in [5.41, 5.74) is 0.0270. The normalized spacial score (nSPS) is 15.5. The molecule has 1 N–H and O–H groups in total. The first kappa shape index (κ1) is 23.0. The molecular formula is C27H22F3NO4. The fourth-order valence-corrected chi connectivity index (χ4v) is 4.56. The first-order chi connectivity index (χ1) is 16.7. The molecule has 2 aliphatic rings. The van der Waals surface area contributed by atoms with Crippen LogP contribution in [0.3, 0.4) is 0 Å². The van der Waals surface area contributed by atoms with Gasteiger partial charge in [-0.25, -0.2) is 0 Å². The third-order valence-electron chi connectivity index (χ3n) is 6.63. The molecule has 180 valence electrons. The van der Waals surface area contributed by atoms with Gasteiger partial charge in [0, 0.05) is 19.0 Å². The lowest BCUT2D eigenvalue weighted by molar-refractivity contribution is -0.137. The number of hydrogen-bond acceptors (Lipinski definition) is 4. The molecule has 0 saturated heterocycles. The minimum Gasteiger partial charge on any atom is -0.454 e. The van der Waals surface area contributed by atoms with Gasteiger partial charge in [0.05, 0.1) is 11.0 Å². The highest BCUT2D eigenvalue weighted by Crippen LogP contribution is 2.51. The molecule has 8 heteroatoms. The summed E-state index contributed by atoms with van der Waals surface area (Å²) in [7, 11) is 1.46. The van der Waals surface area contributed by atoms with E-state index >= 15 is 0 Å². The molecule has 0 aromatic heterocycles. The molecule has 0 spiro atoms. The van der Waals surface area contributed by atoms with Crippen LogP contribution in [0.15, 0.2) is 60.7 Å². The number of halogens is 3. The SMILES string of the molecule is CNC(=O)c1cccc(-c2ccc(CC(=O)C3(c4ccc5c(c4)OCO5)CC3)cc2C(F)(F)F)c1. The van der Waals surface area contributed by atoms with Crippen molar-refractivity contribution in [1.29, 1.82) is 0 Å². The van der Waals surface area contributed by atoms with Crippen LogP contribution in [0.2, 0.25) is 0 Å². The molecule has 1 aliphatic carbocycles. The van der Waals surface area contributed by atoms with E-state index in [1.807, 2.05) is 6.07 Å². The van der Waals surface area contributed by atoms with Gasteiger partial charge in [-0.3, -0.25) is 9.59 Å². The van der Waals surface area contributed by atoms with Crippen LogP contribution in [0.25, 0.3) is 11.1 Å².